The minimum Gasteiger partial charge on any atom is -0.465 e. The van der Waals surface area contributed by atoms with Crippen LogP contribution in [0.1, 0.15) is 37.0 Å². The van der Waals surface area contributed by atoms with E-state index >= 15 is 0 Å². The predicted molar refractivity (Wildman–Crippen MR) is 69.6 cm³/mol. The summed E-state index contributed by atoms with van der Waals surface area (Å²) in [6.45, 7) is 4.18. The zero-order valence-electron chi connectivity index (χ0n) is 11.1. The van der Waals surface area contributed by atoms with Crippen molar-refractivity contribution in [2.24, 2.45) is 0 Å². The zero-order chi connectivity index (χ0) is 13.6. The van der Waals surface area contributed by atoms with Crippen LogP contribution in [0.3, 0.4) is 0 Å². The Morgan fingerprint density at radius 3 is 2.94 bits per heavy atom. The molecule has 0 aliphatic carbocycles. The standard InChI is InChI=1S/C13H20N2O3/c1-4-6-13(2,17)9-15-11-8-10(5-7-14-11)12(16)18-3/h5,7-8,17H,4,6,9H2,1-3H3,(H,14,15). The first-order valence-electron chi connectivity index (χ1n) is 5.99. The van der Waals surface area contributed by atoms with E-state index in [4.69, 9.17) is 0 Å². The van der Waals surface area contributed by atoms with Gasteiger partial charge in [-0.15, -0.1) is 0 Å². The molecule has 0 aliphatic heterocycles. The molecule has 0 amide bonds. The van der Waals surface area contributed by atoms with Crippen LogP contribution in [0.25, 0.3) is 0 Å². The van der Waals surface area contributed by atoms with Crippen LogP contribution in [0.15, 0.2) is 18.3 Å². The highest BCUT2D eigenvalue weighted by Gasteiger charge is 2.18. The number of ether oxygens (including phenoxy) is 1. The molecule has 0 spiro atoms. The van der Waals surface area contributed by atoms with Crippen molar-refractivity contribution in [3.05, 3.63) is 23.9 Å². The number of methoxy groups -OCH3 is 1. The third kappa shape index (κ3) is 4.33. The third-order valence-electron chi connectivity index (χ3n) is 2.62. The molecule has 1 heterocycles. The summed E-state index contributed by atoms with van der Waals surface area (Å²) in [5.74, 6) is 0.148. The first-order chi connectivity index (χ1) is 8.48. The quantitative estimate of drug-likeness (QED) is 0.756. The van der Waals surface area contributed by atoms with Crippen molar-refractivity contribution in [3.8, 4) is 0 Å². The van der Waals surface area contributed by atoms with Gasteiger partial charge < -0.3 is 15.2 Å². The van der Waals surface area contributed by atoms with E-state index in [1.165, 1.54) is 13.3 Å². The number of pyridine rings is 1. The number of carbonyl (C=O) groups is 1. The molecule has 1 rings (SSSR count). The average Bonchev–Trinajstić information content (AvgIpc) is 2.36. The highest BCUT2D eigenvalue weighted by Crippen LogP contribution is 2.14. The van der Waals surface area contributed by atoms with Crippen LogP contribution in [0, 0.1) is 0 Å². The van der Waals surface area contributed by atoms with Crippen LogP contribution >= 0.6 is 0 Å². The van der Waals surface area contributed by atoms with Crippen LogP contribution < -0.4 is 5.32 Å². The summed E-state index contributed by atoms with van der Waals surface area (Å²) in [7, 11) is 1.34. The predicted octanol–water partition coefficient (Wildman–Crippen LogP) is 1.83. The Kier molecular flexibility index (Phi) is 5.09. The second kappa shape index (κ2) is 6.35. The number of carbonyl (C=O) groups excluding carboxylic acids is 1. The number of hydrogen-bond acceptors (Lipinski definition) is 5. The molecule has 1 aromatic heterocycles. The van der Waals surface area contributed by atoms with Gasteiger partial charge >= 0.3 is 5.97 Å². The SMILES string of the molecule is CCCC(C)(O)CNc1cc(C(=O)OC)ccn1. The number of rotatable bonds is 6. The van der Waals surface area contributed by atoms with Gasteiger partial charge in [0.05, 0.1) is 18.3 Å². The summed E-state index contributed by atoms with van der Waals surface area (Å²) in [4.78, 5) is 15.4. The van der Waals surface area contributed by atoms with Gasteiger partial charge in [0, 0.05) is 12.7 Å². The molecule has 2 N–H and O–H groups in total. The van der Waals surface area contributed by atoms with E-state index in [2.05, 4.69) is 15.0 Å². The Labute approximate surface area is 107 Å². The first-order valence-corrected chi connectivity index (χ1v) is 5.99. The van der Waals surface area contributed by atoms with E-state index in [0.717, 1.165) is 6.42 Å². The van der Waals surface area contributed by atoms with Gasteiger partial charge in [0.25, 0.3) is 0 Å². The minimum atomic E-state index is -0.780. The van der Waals surface area contributed by atoms with Crippen molar-refractivity contribution in [1.29, 1.82) is 0 Å². The second-order valence-electron chi connectivity index (χ2n) is 4.52. The molecule has 1 aromatic rings. The lowest BCUT2D eigenvalue weighted by molar-refractivity contribution is 0.0600. The number of hydrogen-bond donors (Lipinski definition) is 2. The molecule has 0 fully saturated rings. The summed E-state index contributed by atoms with van der Waals surface area (Å²) in [6, 6.07) is 3.19. The number of aliphatic hydroxyl groups is 1. The molecule has 1 atom stereocenters. The zero-order valence-corrected chi connectivity index (χ0v) is 11.1. The number of anilines is 1. The van der Waals surface area contributed by atoms with Crippen LogP contribution in [0.2, 0.25) is 0 Å². The monoisotopic (exact) mass is 252 g/mol. The Bertz CT molecular complexity index is 405. The number of esters is 1. The fourth-order valence-corrected chi connectivity index (χ4v) is 1.68. The molecule has 0 bridgehead atoms. The molecule has 0 radical (unpaired) electrons. The average molecular weight is 252 g/mol. The summed E-state index contributed by atoms with van der Waals surface area (Å²) in [5.41, 5.74) is -0.345. The van der Waals surface area contributed by atoms with E-state index in [1.807, 2.05) is 6.92 Å². The Morgan fingerprint density at radius 2 is 2.33 bits per heavy atom. The van der Waals surface area contributed by atoms with Crippen molar-refractivity contribution in [1.82, 2.24) is 4.98 Å². The number of nitrogens with one attached hydrogen (secondary N) is 1. The molecule has 100 valence electrons. The van der Waals surface area contributed by atoms with E-state index in [9.17, 15) is 9.90 Å². The molecular weight excluding hydrogens is 232 g/mol. The van der Waals surface area contributed by atoms with Crippen LogP contribution in [-0.2, 0) is 4.74 Å². The Hall–Kier alpha value is -1.62. The van der Waals surface area contributed by atoms with Crippen molar-refractivity contribution < 1.29 is 14.6 Å². The van der Waals surface area contributed by atoms with Crippen LogP contribution in [-0.4, -0.2) is 35.3 Å². The van der Waals surface area contributed by atoms with E-state index in [-0.39, 0.29) is 0 Å². The minimum absolute atomic E-state index is 0.387. The lowest BCUT2D eigenvalue weighted by atomic mass is 10.0. The van der Waals surface area contributed by atoms with Gasteiger partial charge in [0.2, 0.25) is 0 Å². The van der Waals surface area contributed by atoms with E-state index in [0.29, 0.717) is 24.3 Å². The molecule has 1 unspecified atom stereocenters. The van der Waals surface area contributed by atoms with E-state index < -0.39 is 11.6 Å². The van der Waals surface area contributed by atoms with Gasteiger partial charge in [-0.05, 0) is 25.5 Å². The molecule has 5 nitrogen and oxygen atoms in total. The fraction of sp³-hybridized carbons (Fsp3) is 0.538. The maximum atomic E-state index is 11.3. The summed E-state index contributed by atoms with van der Waals surface area (Å²) >= 11 is 0. The third-order valence-corrected chi connectivity index (χ3v) is 2.62. The normalized spacial score (nSPS) is 13.8. The van der Waals surface area contributed by atoms with Gasteiger partial charge in [-0.25, -0.2) is 9.78 Å². The Balaban J connectivity index is 2.65. The smallest absolute Gasteiger partial charge is 0.338 e. The molecule has 0 aliphatic rings. The maximum Gasteiger partial charge on any atom is 0.338 e. The Morgan fingerprint density at radius 1 is 1.61 bits per heavy atom. The molecule has 0 aromatic carbocycles. The second-order valence-corrected chi connectivity index (χ2v) is 4.52. The number of nitrogens with zero attached hydrogens (tertiary/aromatic N) is 1. The van der Waals surface area contributed by atoms with Gasteiger partial charge in [-0.1, -0.05) is 13.3 Å². The fourth-order valence-electron chi connectivity index (χ4n) is 1.68. The molecular formula is C13H20N2O3. The number of aromatic nitrogens is 1. The summed E-state index contributed by atoms with van der Waals surface area (Å²) in [5, 5.41) is 13.0. The van der Waals surface area contributed by atoms with Crippen molar-refractivity contribution in [2.45, 2.75) is 32.3 Å². The van der Waals surface area contributed by atoms with Crippen molar-refractivity contribution in [3.63, 3.8) is 0 Å². The summed E-state index contributed by atoms with van der Waals surface area (Å²) in [6.07, 6.45) is 3.14. The van der Waals surface area contributed by atoms with Crippen LogP contribution in [0.5, 0.6) is 0 Å². The highest BCUT2D eigenvalue weighted by molar-refractivity contribution is 5.89. The largest absolute Gasteiger partial charge is 0.465 e. The molecule has 18 heavy (non-hydrogen) atoms. The maximum absolute atomic E-state index is 11.3. The first kappa shape index (κ1) is 14.4. The lowest BCUT2D eigenvalue weighted by Crippen LogP contribution is -2.33. The van der Waals surface area contributed by atoms with Crippen LogP contribution in [0.4, 0.5) is 5.82 Å². The summed E-state index contributed by atoms with van der Waals surface area (Å²) < 4.78 is 4.63. The molecule has 0 saturated heterocycles. The van der Waals surface area contributed by atoms with Gasteiger partial charge in [-0.3, -0.25) is 0 Å². The lowest BCUT2D eigenvalue weighted by Gasteiger charge is -2.23. The molecule has 5 heteroatoms. The molecule has 0 saturated carbocycles. The van der Waals surface area contributed by atoms with Gasteiger partial charge in [0.1, 0.15) is 5.82 Å². The highest BCUT2D eigenvalue weighted by atomic mass is 16.5. The van der Waals surface area contributed by atoms with Gasteiger partial charge in [0.15, 0.2) is 0 Å². The topological polar surface area (TPSA) is 71.5 Å². The van der Waals surface area contributed by atoms with E-state index in [1.54, 1.807) is 19.1 Å². The van der Waals surface area contributed by atoms with Crippen molar-refractivity contribution >= 4 is 11.8 Å². The van der Waals surface area contributed by atoms with Crippen molar-refractivity contribution in [2.75, 3.05) is 19.0 Å². The van der Waals surface area contributed by atoms with Gasteiger partial charge in [-0.2, -0.15) is 0 Å².